The van der Waals surface area contributed by atoms with Crippen molar-refractivity contribution in [3.05, 3.63) is 64.2 Å². The molecule has 0 fully saturated rings. The van der Waals surface area contributed by atoms with E-state index in [0.29, 0.717) is 26.0 Å². The standard InChI is InChI=1S/C26H32N2O5S/c1-3-32-26-20(5-4-11-29)21(18-9-12-34-16-18)14-24(33-26)25(30)27-10-8-17-15-28-23-7-6-19(31-2)13-22(17)23/h6-7,9,12-16,20-21,26,28-29H,3-5,8,10-11H2,1-2H3,(H,27,30)/t20-,21+,26+/m0/s1. The van der Waals surface area contributed by atoms with Crippen LogP contribution in [-0.4, -0.2) is 49.2 Å². The van der Waals surface area contributed by atoms with Gasteiger partial charge in [-0.05, 0) is 78.4 Å². The Bertz CT molecular complexity index is 1110. The Labute approximate surface area is 203 Å². The van der Waals surface area contributed by atoms with Crippen LogP contribution in [0, 0.1) is 5.92 Å². The van der Waals surface area contributed by atoms with Gasteiger partial charge < -0.3 is 29.6 Å². The molecule has 7 nitrogen and oxygen atoms in total. The maximum Gasteiger partial charge on any atom is 0.286 e. The number of aliphatic hydroxyl groups is 1. The fraction of sp³-hybridized carbons (Fsp3) is 0.423. The maximum atomic E-state index is 13.1. The Balaban J connectivity index is 1.47. The van der Waals surface area contributed by atoms with Crippen molar-refractivity contribution in [2.45, 2.75) is 38.4 Å². The quantitative estimate of drug-likeness (QED) is 0.376. The summed E-state index contributed by atoms with van der Waals surface area (Å²) in [6.45, 7) is 2.98. The van der Waals surface area contributed by atoms with Crippen LogP contribution in [0.3, 0.4) is 0 Å². The second-order valence-corrected chi connectivity index (χ2v) is 9.10. The van der Waals surface area contributed by atoms with Gasteiger partial charge in [-0.2, -0.15) is 11.3 Å². The zero-order valence-corrected chi connectivity index (χ0v) is 20.4. The number of hydrogen-bond donors (Lipinski definition) is 3. The number of thiophene rings is 1. The Morgan fingerprint density at radius 2 is 2.21 bits per heavy atom. The van der Waals surface area contributed by atoms with Crippen LogP contribution >= 0.6 is 11.3 Å². The molecule has 1 aliphatic heterocycles. The summed E-state index contributed by atoms with van der Waals surface area (Å²) in [6.07, 6.45) is 5.42. The van der Waals surface area contributed by atoms with Gasteiger partial charge in [-0.3, -0.25) is 4.79 Å². The third kappa shape index (κ3) is 5.46. The smallest absolute Gasteiger partial charge is 0.286 e. The highest BCUT2D eigenvalue weighted by atomic mass is 32.1. The SMILES string of the molecule is CCO[C@@H]1OC(C(=O)NCCc2c[nH]c3ccc(OC)cc23)=C[C@H](c2ccsc2)[C@@H]1CCCO. The van der Waals surface area contributed by atoms with Crippen molar-refractivity contribution in [2.75, 3.05) is 26.9 Å². The number of carbonyl (C=O) groups is 1. The zero-order valence-electron chi connectivity index (χ0n) is 19.6. The molecular formula is C26H32N2O5S. The lowest BCUT2D eigenvalue weighted by molar-refractivity contribution is -0.166. The molecule has 8 heteroatoms. The maximum absolute atomic E-state index is 13.1. The molecule has 3 aromatic rings. The fourth-order valence-corrected chi connectivity index (χ4v) is 5.21. The monoisotopic (exact) mass is 484 g/mol. The summed E-state index contributed by atoms with van der Waals surface area (Å²) >= 11 is 1.63. The molecule has 1 aliphatic rings. The predicted octanol–water partition coefficient (Wildman–Crippen LogP) is 4.35. The van der Waals surface area contributed by atoms with Gasteiger partial charge in [-0.1, -0.05) is 0 Å². The van der Waals surface area contributed by atoms with Gasteiger partial charge in [0.2, 0.25) is 6.29 Å². The molecule has 0 radical (unpaired) electrons. The molecule has 1 aromatic carbocycles. The van der Waals surface area contributed by atoms with Crippen LogP contribution < -0.4 is 10.1 Å². The van der Waals surface area contributed by atoms with E-state index in [9.17, 15) is 9.90 Å². The van der Waals surface area contributed by atoms with Crippen LogP contribution in [0.15, 0.2) is 53.1 Å². The Kier molecular flexibility index (Phi) is 8.26. The minimum atomic E-state index is -0.534. The summed E-state index contributed by atoms with van der Waals surface area (Å²) in [7, 11) is 1.65. The van der Waals surface area contributed by atoms with Gasteiger partial charge in [0.25, 0.3) is 5.91 Å². The number of carbonyl (C=O) groups excluding carboxylic acids is 1. The van der Waals surface area contributed by atoms with Crippen LogP contribution in [-0.2, 0) is 20.7 Å². The van der Waals surface area contributed by atoms with Crippen molar-refractivity contribution < 1.29 is 24.1 Å². The number of ether oxygens (including phenoxy) is 3. The number of H-pyrrole nitrogens is 1. The molecule has 0 saturated heterocycles. The van der Waals surface area contributed by atoms with Gasteiger partial charge in [0, 0.05) is 48.7 Å². The van der Waals surface area contributed by atoms with Gasteiger partial charge >= 0.3 is 0 Å². The molecule has 3 heterocycles. The van der Waals surface area contributed by atoms with E-state index in [-0.39, 0.29) is 30.1 Å². The molecule has 4 rings (SSSR count). The molecule has 0 unspecified atom stereocenters. The Hall–Kier alpha value is -2.81. The van der Waals surface area contributed by atoms with E-state index in [1.807, 2.05) is 42.8 Å². The third-order valence-electron chi connectivity index (χ3n) is 6.22. The lowest BCUT2D eigenvalue weighted by Crippen LogP contribution is -2.39. The number of aromatic nitrogens is 1. The van der Waals surface area contributed by atoms with Gasteiger partial charge in [0.15, 0.2) is 5.76 Å². The van der Waals surface area contributed by atoms with E-state index in [1.165, 1.54) is 0 Å². The first-order valence-corrected chi connectivity index (χ1v) is 12.6. The summed E-state index contributed by atoms with van der Waals surface area (Å²) in [5.41, 5.74) is 3.28. The number of hydrogen-bond acceptors (Lipinski definition) is 6. The lowest BCUT2D eigenvalue weighted by atomic mass is 9.81. The van der Waals surface area contributed by atoms with Crippen molar-refractivity contribution in [3.8, 4) is 5.75 Å². The van der Waals surface area contributed by atoms with E-state index in [2.05, 4.69) is 21.7 Å². The molecule has 3 N–H and O–H groups in total. The van der Waals surface area contributed by atoms with Gasteiger partial charge in [0.05, 0.1) is 7.11 Å². The summed E-state index contributed by atoms with van der Waals surface area (Å²) < 4.78 is 17.3. The van der Waals surface area contributed by atoms with Crippen molar-refractivity contribution in [3.63, 3.8) is 0 Å². The molecule has 1 amide bonds. The van der Waals surface area contributed by atoms with Gasteiger partial charge in [0.1, 0.15) is 5.75 Å². The molecule has 0 bridgehead atoms. The van der Waals surface area contributed by atoms with Crippen molar-refractivity contribution >= 4 is 28.1 Å². The summed E-state index contributed by atoms with van der Waals surface area (Å²) in [5.74, 6) is 0.859. The minimum Gasteiger partial charge on any atom is -0.497 e. The average molecular weight is 485 g/mol. The molecule has 2 aromatic heterocycles. The summed E-state index contributed by atoms with van der Waals surface area (Å²) in [4.78, 5) is 16.3. The topological polar surface area (TPSA) is 92.8 Å². The normalized spacial score (nSPS) is 20.1. The lowest BCUT2D eigenvalue weighted by Gasteiger charge is -2.36. The summed E-state index contributed by atoms with van der Waals surface area (Å²) in [5, 5.41) is 17.6. The van der Waals surface area contributed by atoms with E-state index in [4.69, 9.17) is 14.2 Å². The zero-order chi connectivity index (χ0) is 23.9. The molecule has 0 spiro atoms. The van der Waals surface area contributed by atoms with E-state index < -0.39 is 6.29 Å². The van der Waals surface area contributed by atoms with Crippen molar-refractivity contribution in [1.82, 2.24) is 10.3 Å². The molecular weight excluding hydrogens is 452 g/mol. The molecule has 0 aliphatic carbocycles. The van der Waals surface area contributed by atoms with E-state index in [1.54, 1.807) is 18.4 Å². The fourth-order valence-electron chi connectivity index (χ4n) is 4.50. The highest BCUT2D eigenvalue weighted by Gasteiger charge is 2.37. The van der Waals surface area contributed by atoms with E-state index in [0.717, 1.165) is 34.2 Å². The first-order valence-electron chi connectivity index (χ1n) is 11.7. The number of fused-ring (bicyclic) bond motifs is 1. The minimum absolute atomic E-state index is 0.00932. The number of aromatic amines is 1. The number of allylic oxidation sites excluding steroid dienone is 1. The Morgan fingerprint density at radius 3 is 2.94 bits per heavy atom. The van der Waals surface area contributed by atoms with E-state index >= 15 is 0 Å². The van der Waals surface area contributed by atoms with Crippen LogP contribution in [0.4, 0.5) is 0 Å². The number of amides is 1. The largest absolute Gasteiger partial charge is 0.497 e. The second-order valence-electron chi connectivity index (χ2n) is 8.32. The highest BCUT2D eigenvalue weighted by Crippen LogP contribution is 2.40. The van der Waals surface area contributed by atoms with Crippen LogP contribution in [0.2, 0.25) is 0 Å². The first kappa shape index (κ1) is 24.3. The Morgan fingerprint density at radius 1 is 1.32 bits per heavy atom. The van der Waals surface area contributed by atoms with Crippen LogP contribution in [0.1, 0.15) is 36.8 Å². The molecule has 0 saturated carbocycles. The molecule has 182 valence electrons. The van der Waals surface area contributed by atoms with Gasteiger partial charge in [-0.25, -0.2) is 0 Å². The summed E-state index contributed by atoms with van der Waals surface area (Å²) in [6, 6.07) is 7.99. The van der Waals surface area contributed by atoms with Gasteiger partial charge in [-0.15, -0.1) is 0 Å². The number of benzene rings is 1. The van der Waals surface area contributed by atoms with Crippen LogP contribution in [0.5, 0.6) is 5.75 Å². The number of nitrogens with one attached hydrogen (secondary N) is 2. The number of methoxy groups -OCH3 is 1. The van der Waals surface area contributed by atoms with Crippen molar-refractivity contribution in [2.24, 2.45) is 5.92 Å². The number of aliphatic hydroxyl groups excluding tert-OH is 1. The predicted molar refractivity (Wildman–Crippen MR) is 133 cm³/mol. The highest BCUT2D eigenvalue weighted by molar-refractivity contribution is 7.08. The van der Waals surface area contributed by atoms with Crippen LogP contribution in [0.25, 0.3) is 10.9 Å². The third-order valence-corrected chi connectivity index (χ3v) is 6.92. The van der Waals surface area contributed by atoms with Crippen molar-refractivity contribution in [1.29, 1.82) is 0 Å². The second kappa shape index (κ2) is 11.6. The molecule has 34 heavy (non-hydrogen) atoms. The first-order chi connectivity index (χ1) is 16.6. The number of rotatable bonds is 11. The molecule has 3 atom stereocenters. The average Bonchev–Trinajstić information content (AvgIpc) is 3.53.